The van der Waals surface area contributed by atoms with Crippen LogP contribution in [0.15, 0.2) is 58.4 Å². The van der Waals surface area contributed by atoms with Crippen molar-refractivity contribution in [3.63, 3.8) is 0 Å². The molecule has 12 heteroatoms. The summed E-state index contributed by atoms with van der Waals surface area (Å²) in [6.07, 6.45) is -3.60. The quantitative estimate of drug-likeness (QED) is 0.496. The van der Waals surface area contributed by atoms with Crippen LogP contribution in [0, 0.1) is 5.82 Å². The number of amides is 1. The number of aliphatic hydroxyl groups excluding tert-OH is 1. The van der Waals surface area contributed by atoms with Gasteiger partial charge in [0.05, 0.1) is 12.6 Å². The van der Waals surface area contributed by atoms with E-state index in [-0.39, 0.29) is 4.90 Å². The van der Waals surface area contributed by atoms with Crippen LogP contribution in [0.3, 0.4) is 0 Å². The van der Waals surface area contributed by atoms with Crippen LogP contribution in [0.2, 0.25) is 0 Å². The number of pyridine rings is 1. The number of benzene rings is 2. The van der Waals surface area contributed by atoms with Crippen LogP contribution in [0.4, 0.5) is 17.6 Å². The molecule has 2 atom stereocenters. The van der Waals surface area contributed by atoms with Gasteiger partial charge in [-0.3, -0.25) is 19.3 Å². The lowest BCUT2D eigenvalue weighted by Crippen LogP contribution is -2.60. The van der Waals surface area contributed by atoms with Crippen LogP contribution in [0.5, 0.6) is 5.75 Å². The van der Waals surface area contributed by atoms with Crippen LogP contribution in [-0.4, -0.2) is 44.6 Å². The van der Waals surface area contributed by atoms with Gasteiger partial charge in [-0.05, 0) is 35.2 Å². The number of hydrogen-bond donors (Lipinski definition) is 2. The van der Waals surface area contributed by atoms with Crippen molar-refractivity contribution in [3.8, 4) is 5.75 Å². The second-order valence-electron chi connectivity index (χ2n) is 8.79. The molecule has 0 aliphatic carbocycles. The Balaban J connectivity index is 1.83. The summed E-state index contributed by atoms with van der Waals surface area (Å²) >= 11 is 1.21. The molecule has 1 amide bonds. The molecule has 0 fully saturated rings. The van der Waals surface area contributed by atoms with Gasteiger partial charge in [0, 0.05) is 22.9 Å². The maximum atomic E-state index is 15.0. The Kier molecular flexibility index (Phi) is 6.19. The summed E-state index contributed by atoms with van der Waals surface area (Å²) in [4.78, 5) is 26.2. The Morgan fingerprint density at radius 1 is 1.14 bits per heavy atom. The standard InChI is InChI=1S/C25H21F4N3O4S/c1-13(25(27,28)29)30-12-32(31-9-8-18(34)22(35)21(31)24(30)36)20-16-6-3-7-17(26)23(16)37-11-15-5-2-4-14(10-33)19(15)20/h2-9,13,20,33,35H,10-12H2,1H3/t13?,20-/m1/s1. The van der Waals surface area contributed by atoms with Gasteiger partial charge in [-0.1, -0.05) is 30.3 Å². The second kappa shape index (κ2) is 9.10. The average molecular weight is 536 g/mol. The fraction of sp³-hybridized carbons (Fsp3) is 0.280. The normalized spacial score (nSPS) is 18.1. The highest BCUT2D eigenvalue weighted by molar-refractivity contribution is 7.98. The van der Waals surface area contributed by atoms with Crippen molar-refractivity contribution in [1.29, 1.82) is 0 Å². The summed E-state index contributed by atoms with van der Waals surface area (Å²) in [6.45, 7) is -0.181. The molecule has 0 spiro atoms. The third-order valence-electron chi connectivity index (χ3n) is 6.73. The minimum atomic E-state index is -4.80. The van der Waals surface area contributed by atoms with Gasteiger partial charge in [-0.15, -0.1) is 11.8 Å². The summed E-state index contributed by atoms with van der Waals surface area (Å²) in [5.74, 6) is -2.36. The van der Waals surface area contributed by atoms with Crippen molar-refractivity contribution in [3.05, 3.63) is 92.6 Å². The Morgan fingerprint density at radius 3 is 2.57 bits per heavy atom. The molecule has 37 heavy (non-hydrogen) atoms. The maximum absolute atomic E-state index is 15.0. The number of fused-ring (bicyclic) bond motifs is 3. The number of aromatic hydroxyl groups is 1. The van der Waals surface area contributed by atoms with Gasteiger partial charge in [0.15, 0.2) is 11.4 Å². The zero-order chi connectivity index (χ0) is 26.6. The Bertz CT molecular complexity index is 1460. The van der Waals surface area contributed by atoms with E-state index in [9.17, 15) is 33.0 Å². The molecule has 0 saturated carbocycles. The highest BCUT2D eigenvalue weighted by Gasteiger charge is 2.48. The average Bonchev–Trinajstić information content (AvgIpc) is 3.03. The van der Waals surface area contributed by atoms with Gasteiger partial charge in [-0.2, -0.15) is 13.2 Å². The lowest BCUT2D eigenvalue weighted by Gasteiger charge is -2.46. The molecule has 2 aliphatic rings. The van der Waals surface area contributed by atoms with Crippen LogP contribution < -0.4 is 10.4 Å². The van der Waals surface area contributed by atoms with Crippen LogP contribution in [-0.2, 0) is 12.4 Å². The lowest BCUT2D eigenvalue weighted by molar-refractivity contribution is -0.173. The number of carbonyl (C=O) groups is 1. The van der Waals surface area contributed by atoms with Crippen molar-refractivity contribution < 1.29 is 32.6 Å². The zero-order valence-electron chi connectivity index (χ0n) is 19.4. The number of alkyl halides is 3. The molecule has 2 aliphatic heterocycles. The highest BCUT2D eigenvalue weighted by atomic mass is 32.2. The SMILES string of the molecule is CC(N1CN([C@@H]2c3cccc(F)c3SCc3cccc(CO)c32)n2ccc(=O)c(O)c2C1=O)C(F)(F)F. The van der Waals surface area contributed by atoms with Gasteiger partial charge in [0.25, 0.3) is 5.91 Å². The van der Waals surface area contributed by atoms with E-state index in [2.05, 4.69) is 0 Å². The largest absolute Gasteiger partial charge is 0.502 e. The monoisotopic (exact) mass is 535 g/mol. The molecule has 3 heterocycles. The molecular weight excluding hydrogens is 514 g/mol. The van der Waals surface area contributed by atoms with Gasteiger partial charge >= 0.3 is 6.18 Å². The van der Waals surface area contributed by atoms with Gasteiger partial charge < -0.3 is 15.1 Å². The molecule has 5 rings (SSSR count). The third kappa shape index (κ3) is 4.04. The van der Waals surface area contributed by atoms with E-state index in [4.69, 9.17) is 0 Å². The minimum Gasteiger partial charge on any atom is -0.502 e. The van der Waals surface area contributed by atoms with E-state index in [1.807, 2.05) is 0 Å². The number of aromatic nitrogens is 1. The molecular formula is C25H21F4N3O4S. The lowest BCUT2D eigenvalue weighted by atomic mass is 9.90. The zero-order valence-corrected chi connectivity index (χ0v) is 20.2. The van der Waals surface area contributed by atoms with E-state index in [1.54, 1.807) is 24.3 Å². The van der Waals surface area contributed by atoms with E-state index in [0.29, 0.717) is 27.3 Å². The van der Waals surface area contributed by atoms with Crippen LogP contribution in [0.1, 0.15) is 45.7 Å². The fourth-order valence-corrected chi connectivity index (χ4v) is 5.93. The van der Waals surface area contributed by atoms with Crippen molar-refractivity contribution in [2.75, 3.05) is 11.7 Å². The Labute approximate surface area is 212 Å². The summed E-state index contributed by atoms with van der Waals surface area (Å²) in [6, 6.07) is 7.32. The molecule has 0 bridgehead atoms. The van der Waals surface area contributed by atoms with E-state index in [1.165, 1.54) is 35.1 Å². The number of nitrogens with zero attached hydrogens (tertiary/aromatic N) is 3. The molecule has 2 N–H and O–H groups in total. The minimum absolute atomic E-state index is 0.270. The predicted molar refractivity (Wildman–Crippen MR) is 127 cm³/mol. The fourth-order valence-electron chi connectivity index (χ4n) is 4.83. The molecule has 1 aromatic heterocycles. The molecule has 194 valence electrons. The first-order valence-corrected chi connectivity index (χ1v) is 12.2. The number of carbonyl (C=O) groups excluding carboxylic acids is 1. The molecule has 1 unspecified atom stereocenters. The first-order chi connectivity index (χ1) is 17.5. The molecule has 2 aromatic carbocycles. The number of rotatable bonds is 3. The third-order valence-corrected chi connectivity index (χ3v) is 7.90. The molecule has 3 aromatic rings. The van der Waals surface area contributed by atoms with Gasteiger partial charge in [0.2, 0.25) is 5.43 Å². The van der Waals surface area contributed by atoms with Crippen molar-refractivity contribution in [1.82, 2.24) is 9.58 Å². The second-order valence-corrected chi connectivity index (χ2v) is 9.78. The number of halogens is 4. The van der Waals surface area contributed by atoms with Gasteiger partial charge in [0.1, 0.15) is 18.5 Å². The molecule has 7 nitrogen and oxygen atoms in total. The smallest absolute Gasteiger partial charge is 0.408 e. The summed E-state index contributed by atoms with van der Waals surface area (Å²) < 4.78 is 57.6. The Morgan fingerprint density at radius 2 is 1.86 bits per heavy atom. The molecule has 0 saturated heterocycles. The molecule has 0 radical (unpaired) electrons. The summed E-state index contributed by atoms with van der Waals surface area (Å²) in [5.41, 5.74) is 0.575. The van der Waals surface area contributed by atoms with Crippen molar-refractivity contribution >= 4 is 17.7 Å². The van der Waals surface area contributed by atoms with Crippen LogP contribution in [0.25, 0.3) is 0 Å². The van der Waals surface area contributed by atoms with Gasteiger partial charge in [-0.25, -0.2) is 4.39 Å². The summed E-state index contributed by atoms with van der Waals surface area (Å²) in [5, 5.41) is 22.1. The number of thioether (sulfide) groups is 1. The van der Waals surface area contributed by atoms with E-state index < -0.39 is 60.1 Å². The Hall–Kier alpha value is -3.51. The van der Waals surface area contributed by atoms with Crippen molar-refractivity contribution in [2.45, 2.75) is 42.4 Å². The topological polar surface area (TPSA) is 86.0 Å². The first kappa shape index (κ1) is 25.2. The number of aliphatic hydroxyl groups is 1. The summed E-state index contributed by atoms with van der Waals surface area (Å²) in [7, 11) is 0. The van der Waals surface area contributed by atoms with E-state index in [0.717, 1.165) is 23.2 Å². The van der Waals surface area contributed by atoms with Crippen molar-refractivity contribution in [2.24, 2.45) is 0 Å². The van der Waals surface area contributed by atoms with Crippen LogP contribution >= 0.6 is 11.8 Å². The predicted octanol–water partition coefficient (Wildman–Crippen LogP) is 3.88. The maximum Gasteiger partial charge on any atom is 0.408 e. The first-order valence-electron chi connectivity index (χ1n) is 11.3. The number of hydrogen-bond acceptors (Lipinski definition) is 6. The highest BCUT2D eigenvalue weighted by Crippen LogP contribution is 2.45. The van der Waals surface area contributed by atoms with E-state index >= 15 is 4.39 Å².